The molecule has 2 heterocycles. The van der Waals surface area contributed by atoms with Gasteiger partial charge in [0.1, 0.15) is 17.9 Å². The summed E-state index contributed by atoms with van der Waals surface area (Å²) in [6.45, 7) is 6.84. The van der Waals surface area contributed by atoms with E-state index in [1.807, 2.05) is 20.8 Å². The third-order valence-corrected chi connectivity index (χ3v) is 4.77. The molecule has 3 atom stereocenters. The van der Waals surface area contributed by atoms with Crippen molar-refractivity contribution in [1.82, 2.24) is 15.3 Å². The standard InChI is InChI=1S/C19H24ClN3O4/c1-10(2)9-26-19(24)16-11(3)15(8-21-16)27-18-17(20)22-13-6-5-12(25-4)7-14(13)23-18/h5-7,10-11,15-16,21H,8-9H2,1-4H3/t11-,15+,16+/m1/s1. The second kappa shape index (κ2) is 8.27. The maximum absolute atomic E-state index is 12.3. The van der Waals surface area contributed by atoms with Crippen molar-refractivity contribution in [2.45, 2.75) is 32.9 Å². The molecule has 1 aliphatic rings. The van der Waals surface area contributed by atoms with E-state index in [4.69, 9.17) is 25.8 Å². The number of nitrogens with one attached hydrogen (secondary N) is 1. The highest BCUT2D eigenvalue weighted by molar-refractivity contribution is 6.31. The summed E-state index contributed by atoms with van der Waals surface area (Å²) in [5.41, 5.74) is 1.28. The van der Waals surface area contributed by atoms with Gasteiger partial charge in [0.25, 0.3) is 5.88 Å². The minimum absolute atomic E-state index is 0.0939. The van der Waals surface area contributed by atoms with Crippen LogP contribution in [0.4, 0.5) is 0 Å². The Morgan fingerprint density at radius 2 is 2.11 bits per heavy atom. The second-order valence-electron chi connectivity index (χ2n) is 7.10. The molecule has 0 aliphatic carbocycles. The topological polar surface area (TPSA) is 82.6 Å². The number of hydrogen-bond donors (Lipinski definition) is 1. The van der Waals surface area contributed by atoms with Crippen LogP contribution in [0.25, 0.3) is 11.0 Å². The van der Waals surface area contributed by atoms with Gasteiger partial charge in [0.15, 0.2) is 5.15 Å². The maximum Gasteiger partial charge on any atom is 0.323 e. The zero-order chi connectivity index (χ0) is 19.6. The van der Waals surface area contributed by atoms with Crippen molar-refractivity contribution in [1.29, 1.82) is 0 Å². The monoisotopic (exact) mass is 393 g/mol. The average molecular weight is 394 g/mol. The van der Waals surface area contributed by atoms with Crippen molar-refractivity contribution in [2.24, 2.45) is 11.8 Å². The number of methoxy groups -OCH3 is 1. The molecule has 0 radical (unpaired) electrons. The van der Waals surface area contributed by atoms with E-state index in [1.165, 1.54) is 0 Å². The molecule has 3 rings (SSSR count). The van der Waals surface area contributed by atoms with E-state index in [0.717, 1.165) is 0 Å². The molecule has 0 saturated carbocycles. The molecule has 1 aromatic carbocycles. The Morgan fingerprint density at radius 1 is 1.33 bits per heavy atom. The first kappa shape index (κ1) is 19.6. The van der Waals surface area contributed by atoms with E-state index in [0.29, 0.717) is 35.9 Å². The number of ether oxygens (including phenoxy) is 3. The van der Waals surface area contributed by atoms with Gasteiger partial charge in [-0.1, -0.05) is 32.4 Å². The van der Waals surface area contributed by atoms with E-state index < -0.39 is 6.04 Å². The van der Waals surface area contributed by atoms with Gasteiger partial charge in [-0.3, -0.25) is 4.79 Å². The molecule has 0 bridgehead atoms. The van der Waals surface area contributed by atoms with E-state index in [1.54, 1.807) is 25.3 Å². The van der Waals surface area contributed by atoms with Gasteiger partial charge >= 0.3 is 5.97 Å². The predicted molar refractivity (Wildman–Crippen MR) is 102 cm³/mol. The number of hydrogen-bond acceptors (Lipinski definition) is 7. The number of nitrogens with zero attached hydrogens (tertiary/aromatic N) is 2. The fourth-order valence-electron chi connectivity index (χ4n) is 2.96. The molecular weight excluding hydrogens is 370 g/mol. The Hall–Kier alpha value is -2.12. The van der Waals surface area contributed by atoms with Crippen LogP contribution in [0.2, 0.25) is 5.15 Å². The number of halogens is 1. The number of rotatable bonds is 6. The largest absolute Gasteiger partial charge is 0.497 e. The van der Waals surface area contributed by atoms with Gasteiger partial charge in [-0.05, 0) is 18.1 Å². The quantitative estimate of drug-likeness (QED) is 0.755. The zero-order valence-electron chi connectivity index (χ0n) is 15.9. The Labute approximate surface area is 163 Å². The van der Waals surface area contributed by atoms with Gasteiger partial charge in [0, 0.05) is 18.5 Å². The summed E-state index contributed by atoms with van der Waals surface area (Å²) in [6.07, 6.45) is -0.267. The van der Waals surface area contributed by atoms with Gasteiger partial charge in [-0.2, -0.15) is 0 Å². The molecule has 27 heavy (non-hydrogen) atoms. The lowest BCUT2D eigenvalue weighted by Crippen LogP contribution is -2.37. The highest BCUT2D eigenvalue weighted by Gasteiger charge is 2.40. The number of aromatic nitrogens is 2. The smallest absolute Gasteiger partial charge is 0.323 e. The lowest BCUT2D eigenvalue weighted by molar-refractivity contribution is -0.148. The van der Waals surface area contributed by atoms with Crippen LogP contribution in [0.3, 0.4) is 0 Å². The van der Waals surface area contributed by atoms with E-state index in [-0.39, 0.29) is 29.0 Å². The minimum atomic E-state index is -0.416. The molecule has 1 aliphatic heterocycles. The van der Waals surface area contributed by atoms with E-state index in [9.17, 15) is 4.79 Å². The van der Waals surface area contributed by atoms with Crippen LogP contribution >= 0.6 is 11.6 Å². The van der Waals surface area contributed by atoms with Gasteiger partial charge in [0.2, 0.25) is 0 Å². The summed E-state index contributed by atoms with van der Waals surface area (Å²) in [5.74, 6) is 0.855. The van der Waals surface area contributed by atoms with Crippen LogP contribution in [0.5, 0.6) is 11.6 Å². The van der Waals surface area contributed by atoms with E-state index >= 15 is 0 Å². The predicted octanol–water partition coefficient (Wildman–Crippen LogP) is 2.85. The summed E-state index contributed by atoms with van der Waals surface area (Å²) in [7, 11) is 1.59. The van der Waals surface area contributed by atoms with Gasteiger partial charge < -0.3 is 19.5 Å². The molecule has 1 N–H and O–H groups in total. The molecule has 0 amide bonds. The number of carbonyl (C=O) groups is 1. The van der Waals surface area contributed by atoms with Crippen molar-refractivity contribution in [2.75, 3.05) is 20.3 Å². The van der Waals surface area contributed by atoms with Crippen molar-refractivity contribution in [3.63, 3.8) is 0 Å². The molecular formula is C19H24ClN3O4. The van der Waals surface area contributed by atoms with E-state index in [2.05, 4.69) is 15.3 Å². The van der Waals surface area contributed by atoms with Crippen LogP contribution in [0, 0.1) is 11.8 Å². The number of carbonyl (C=O) groups excluding carboxylic acids is 1. The third kappa shape index (κ3) is 4.42. The zero-order valence-corrected chi connectivity index (χ0v) is 16.6. The lowest BCUT2D eigenvalue weighted by atomic mass is 10.0. The van der Waals surface area contributed by atoms with Gasteiger partial charge in [-0.15, -0.1) is 0 Å². The fourth-order valence-corrected chi connectivity index (χ4v) is 3.13. The molecule has 1 saturated heterocycles. The lowest BCUT2D eigenvalue weighted by Gasteiger charge is -2.20. The first-order chi connectivity index (χ1) is 12.9. The summed E-state index contributed by atoms with van der Waals surface area (Å²) in [5, 5.41) is 3.35. The highest BCUT2D eigenvalue weighted by Crippen LogP contribution is 2.29. The number of fused-ring (bicyclic) bond motifs is 1. The number of esters is 1. The summed E-state index contributed by atoms with van der Waals surface area (Å²) in [6, 6.07) is 4.94. The van der Waals surface area contributed by atoms with Crippen LogP contribution in [0.15, 0.2) is 18.2 Å². The van der Waals surface area contributed by atoms with Crippen molar-refractivity contribution < 1.29 is 19.0 Å². The Kier molecular flexibility index (Phi) is 6.01. The summed E-state index contributed by atoms with van der Waals surface area (Å²) >= 11 is 6.24. The fraction of sp³-hybridized carbons (Fsp3) is 0.526. The molecule has 146 valence electrons. The summed E-state index contributed by atoms with van der Waals surface area (Å²) in [4.78, 5) is 21.1. The van der Waals surface area contributed by atoms with Gasteiger partial charge in [-0.25, -0.2) is 9.97 Å². The van der Waals surface area contributed by atoms with Crippen molar-refractivity contribution in [3.05, 3.63) is 23.4 Å². The Bertz CT molecular complexity index is 830. The Balaban J connectivity index is 1.73. The SMILES string of the molecule is COc1ccc2nc(Cl)c(O[C@H]3CN[C@H](C(=O)OCC(C)C)[C@@H]3C)nc2c1. The Morgan fingerprint density at radius 3 is 2.81 bits per heavy atom. The molecule has 1 fully saturated rings. The number of benzene rings is 1. The second-order valence-corrected chi connectivity index (χ2v) is 7.46. The maximum atomic E-state index is 12.3. The molecule has 1 aromatic heterocycles. The molecule has 0 spiro atoms. The molecule has 0 unspecified atom stereocenters. The first-order valence-corrected chi connectivity index (χ1v) is 9.34. The third-order valence-electron chi connectivity index (χ3n) is 4.53. The van der Waals surface area contributed by atoms with Gasteiger partial charge in [0.05, 0.1) is 24.8 Å². The molecule has 2 aromatic rings. The minimum Gasteiger partial charge on any atom is -0.497 e. The first-order valence-electron chi connectivity index (χ1n) is 8.97. The van der Waals surface area contributed by atoms with Crippen LogP contribution in [-0.2, 0) is 9.53 Å². The normalized spacial score (nSPS) is 22.2. The highest BCUT2D eigenvalue weighted by atomic mass is 35.5. The van der Waals surface area contributed by atoms with Crippen molar-refractivity contribution >= 4 is 28.6 Å². The van der Waals surface area contributed by atoms with Crippen LogP contribution in [-0.4, -0.2) is 48.3 Å². The van der Waals surface area contributed by atoms with Crippen molar-refractivity contribution in [3.8, 4) is 11.6 Å². The molecule has 7 nitrogen and oxygen atoms in total. The average Bonchev–Trinajstić information content (AvgIpc) is 3.00. The van der Waals surface area contributed by atoms with Crippen LogP contribution in [0.1, 0.15) is 20.8 Å². The summed E-state index contributed by atoms with van der Waals surface area (Å²) < 4.78 is 16.5. The van der Waals surface area contributed by atoms with Crippen LogP contribution < -0.4 is 14.8 Å². The molecule has 8 heteroatoms.